The van der Waals surface area contributed by atoms with Gasteiger partial charge in [0.2, 0.25) is 0 Å². The van der Waals surface area contributed by atoms with Crippen LogP contribution in [0.4, 0.5) is 5.13 Å². The number of nitrogens with one attached hydrogen (secondary N) is 1. The van der Waals surface area contributed by atoms with Crippen LogP contribution in [0.1, 0.15) is 49.7 Å². The van der Waals surface area contributed by atoms with E-state index in [-0.39, 0.29) is 16.7 Å². The molecule has 1 amide bonds. The van der Waals surface area contributed by atoms with Crippen molar-refractivity contribution in [3.05, 3.63) is 40.9 Å². The first-order chi connectivity index (χ1) is 10.7. The maximum Gasteiger partial charge on any atom is 0.257 e. The molecule has 1 N–H and O–H groups in total. The fourth-order valence-electron chi connectivity index (χ4n) is 1.86. The van der Waals surface area contributed by atoms with E-state index < -0.39 is 15.1 Å². The van der Waals surface area contributed by atoms with E-state index in [1.54, 1.807) is 26.0 Å². The summed E-state index contributed by atoms with van der Waals surface area (Å²) in [6, 6.07) is 6.07. The number of carbonyl (C=O) groups excluding carboxylic acids is 1. The van der Waals surface area contributed by atoms with Crippen LogP contribution >= 0.6 is 11.3 Å². The highest BCUT2D eigenvalue weighted by Crippen LogP contribution is 2.23. The van der Waals surface area contributed by atoms with Gasteiger partial charge in [-0.05, 0) is 38.0 Å². The van der Waals surface area contributed by atoms with Crippen molar-refractivity contribution in [3.63, 3.8) is 0 Å². The van der Waals surface area contributed by atoms with Crippen molar-refractivity contribution in [1.82, 2.24) is 4.98 Å². The van der Waals surface area contributed by atoms with Crippen molar-refractivity contribution >= 4 is 32.2 Å². The quantitative estimate of drug-likeness (QED) is 0.890. The van der Waals surface area contributed by atoms with Gasteiger partial charge in [0.1, 0.15) is 0 Å². The molecule has 5 nitrogen and oxygen atoms in total. The van der Waals surface area contributed by atoms with E-state index in [1.807, 2.05) is 19.2 Å². The molecule has 0 unspecified atom stereocenters. The van der Waals surface area contributed by atoms with Crippen LogP contribution in [-0.2, 0) is 9.84 Å². The number of anilines is 1. The molecule has 2 rings (SSSR count). The van der Waals surface area contributed by atoms with Crippen LogP contribution in [0.15, 0.2) is 34.5 Å². The molecule has 1 heterocycles. The predicted molar refractivity (Wildman–Crippen MR) is 92.9 cm³/mol. The molecule has 0 saturated carbocycles. The summed E-state index contributed by atoms with van der Waals surface area (Å²) >= 11 is 1.35. The number of rotatable bonds is 5. The van der Waals surface area contributed by atoms with Crippen molar-refractivity contribution in [2.45, 2.75) is 43.8 Å². The van der Waals surface area contributed by atoms with Crippen molar-refractivity contribution < 1.29 is 13.2 Å². The summed E-state index contributed by atoms with van der Waals surface area (Å²) < 4.78 is 24.4. The Morgan fingerprint density at radius 3 is 2.48 bits per heavy atom. The molecule has 1 aromatic heterocycles. The zero-order valence-corrected chi connectivity index (χ0v) is 15.2. The maximum absolute atomic E-state index is 12.3. The number of carbonyl (C=O) groups is 1. The van der Waals surface area contributed by atoms with Gasteiger partial charge in [-0.1, -0.05) is 19.9 Å². The first-order valence-electron chi connectivity index (χ1n) is 7.32. The lowest BCUT2D eigenvalue weighted by Gasteiger charge is -2.09. The standard InChI is InChI=1S/C16H20N2O3S2/c1-10(2)14-9-22-16(17-14)18-15(19)12-6-5-7-13(8-12)23(20,21)11(3)4/h5-11H,1-4H3,(H,17,18,19). The van der Waals surface area contributed by atoms with E-state index in [1.165, 1.54) is 23.5 Å². The van der Waals surface area contributed by atoms with Crippen molar-refractivity contribution in [3.8, 4) is 0 Å². The fourth-order valence-corrected chi connectivity index (χ4v) is 3.84. The van der Waals surface area contributed by atoms with Crippen LogP contribution < -0.4 is 5.32 Å². The highest BCUT2D eigenvalue weighted by Gasteiger charge is 2.20. The molecule has 0 bridgehead atoms. The smallest absolute Gasteiger partial charge is 0.257 e. The van der Waals surface area contributed by atoms with Gasteiger partial charge in [0.05, 0.1) is 15.8 Å². The molecule has 0 atom stereocenters. The molecule has 0 fully saturated rings. The van der Waals surface area contributed by atoms with E-state index in [9.17, 15) is 13.2 Å². The van der Waals surface area contributed by atoms with Gasteiger partial charge < -0.3 is 0 Å². The zero-order valence-electron chi connectivity index (χ0n) is 13.5. The Labute approximate surface area is 140 Å². The lowest BCUT2D eigenvalue weighted by atomic mass is 10.2. The van der Waals surface area contributed by atoms with E-state index in [4.69, 9.17) is 0 Å². The molecular formula is C16H20N2O3S2. The number of nitrogens with zero attached hydrogens (tertiary/aromatic N) is 1. The van der Waals surface area contributed by atoms with Gasteiger partial charge in [0, 0.05) is 10.9 Å². The van der Waals surface area contributed by atoms with E-state index in [2.05, 4.69) is 10.3 Å². The normalized spacial score (nSPS) is 11.9. The summed E-state index contributed by atoms with van der Waals surface area (Å²) in [4.78, 5) is 16.8. The van der Waals surface area contributed by atoms with Gasteiger partial charge in [0.15, 0.2) is 15.0 Å². The Balaban J connectivity index is 2.23. The number of hydrogen-bond acceptors (Lipinski definition) is 5. The number of thiazole rings is 1. The molecule has 7 heteroatoms. The van der Waals surface area contributed by atoms with Crippen LogP contribution in [-0.4, -0.2) is 24.6 Å². The number of hydrogen-bond donors (Lipinski definition) is 1. The molecular weight excluding hydrogens is 332 g/mol. The van der Waals surface area contributed by atoms with Crippen LogP contribution in [0.3, 0.4) is 0 Å². The Morgan fingerprint density at radius 1 is 1.22 bits per heavy atom. The average Bonchev–Trinajstić information content (AvgIpc) is 2.96. The molecule has 0 aliphatic rings. The average molecular weight is 352 g/mol. The second-order valence-corrected chi connectivity index (χ2v) is 9.17. The first kappa shape index (κ1) is 17.6. The van der Waals surface area contributed by atoms with Gasteiger partial charge in [-0.3, -0.25) is 10.1 Å². The molecule has 0 aliphatic carbocycles. The fraction of sp³-hybridized carbons (Fsp3) is 0.375. The summed E-state index contributed by atoms with van der Waals surface area (Å²) in [5.74, 6) is -0.0770. The van der Waals surface area contributed by atoms with Crippen molar-refractivity contribution in [2.24, 2.45) is 0 Å². The minimum Gasteiger partial charge on any atom is -0.298 e. The Hall–Kier alpha value is -1.73. The lowest BCUT2D eigenvalue weighted by Crippen LogP contribution is -2.16. The monoisotopic (exact) mass is 352 g/mol. The summed E-state index contributed by atoms with van der Waals surface area (Å²) in [5, 5.41) is 4.59. The van der Waals surface area contributed by atoms with Gasteiger partial charge in [-0.15, -0.1) is 11.3 Å². The number of aromatic nitrogens is 1. The predicted octanol–water partition coefficient (Wildman–Crippen LogP) is 3.70. The SMILES string of the molecule is CC(C)c1csc(NC(=O)c2cccc(S(=O)(=O)C(C)C)c2)n1. The van der Waals surface area contributed by atoms with Crippen molar-refractivity contribution in [1.29, 1.82) is 0 Å². The van der Waals surface area contributed by atoms with Gasteiger partial charge in [-0.2, -0.15) is 0 Å². The molecule has 0 aliphatic heterocycles. The molecule has 23 heavy (non-hydrogen) atoms. The lowest BCUT2D eigenvalue weighted by molar-refractivity contribution is 0.102. The minimum absolute atomic E-state index is 0.155. The van der Waals surface area contributed by atoms with Crippen LogP contribution in [0, 0.1) is 0 Å². The molecule has 0 saturated heterocycles. The van der Waals surface area contributed by atoms with Gasteiger partial charge in [0.25, 0.3) is 5.91 Å². The summed E-state index contributed by atoms with van der Waals surface area (Å²) in [5.41, 5.74) is 1.22. The molecule has 124 valence electrons. The number of amides is 1. The summed E-state index contributed by atoms with van der Waals surface area (Å²) in [6.45, 7) is 7.29. The minimum atomic E-state index is -3.41. The van der Waals surface area contributed by atoms with Gasteiger partial charge >= 0.3 is 0 Å². The van der Waals surface area contributed by atoms with Crippen molar-refractivity contribution in [2.75, 3.05) is 5.32 Å². The van der Waals surface area contributed by atoms with E-state index in [0.29, 0.717) is 10.7 Å². The molecule has 1 aromatic carbocycles. The topological polar surface area (TPSA) is 76.1 Å². The Morgan fingerprint density at radius 2 is 1.91 bits per heavy atom. The third kappa shape index (κ3) is 3.97. The molecule has 0 spiro atoms. The third-order valence-corrected chi connectivity index (χ3v) is 6.31. The largest absolute Gasteiger partial charge is 0.298 e. The molecule has 2 aromatic rings. The van der Waals surface area contributed by atoms with Crippen LogP contribution in [0.25, 0.3) is 0 Å². The highest BCUT2D eigenvalue weighted by molar-refractivity contribution is 7.92. The number of sulfone groups is 1. The first-order valence-corrected chi connectivity index (χ1v) is 9.75. The number of benzene rings is 1. The van der Waals surface area contributed by atoms with E-state index in [0.717, 1.165) is 5.69 Å². The zero-order chi connectivity index (χ0) is 17.2. The maximum atomic E-state index is 12.3. The van der Waals surface area contributed by atoms with Gasteiger partial charge in [-0.25, -0.2) is 13.4 Å². The Bertz CT molecular complexity index is 808. The highest BCUT2D eigenvalue weighted by atomic mass is 32.2. The Kier molecular flexibility index (Phi) is 5.21. The second-order valence-electron chi connectivity index (χ2n) is 5.81. The molecule has 0 radical (unpaired) electrons. The summed E-state index contributed by atoms with van der Waals surface area (Å²) in [7, 11) is -3.41. The third-order valence-electron chi connectivity index (χ3n) is 3.38. The summed E-state index contributed by atoms with van der Waals surface area (Å²) in [6.07, 6.45) is 0. The van der Waals surface area contributed by atoms with Crippen LogP contribution in [0.2, 0.25) is 0 Å². The van der Waals surface area contributed by atoms with E-state index >= 15 is 0 Å². The second kappa shape index (κ2) is 6.80. The van der Waals surface area contributed by atoms with Crippen LogP contribution in [0.5, 0.6) is 0 Å².